The van der Waals surface area contributed by atoms with Crippen molar-refractivity contribution in [2.24, 2.45) is 0 Å². The molecule has 1 saturated heterocycles. The Bertz CT molecular complexity index is 819. The molecule has 0 radical (unpaired) electrons. The van der Waals surface area contributed by atoms with E-state index in [1.165, 1.54) is 5.69 Å². The van der Waals surface area contributed by atoms with Gasteiger partial charge in [0.1, 0.15) is 12.0 Å². The Balaban J connectivity index is 1.42. The number of aryl methyl sites for hydroxylation is 1. The first-order valence-corrected chi connectivity index (χ1v) is 10.1. The zero-order valence-corrected chi connectivity index (χ0v) is 15.9. The normalized spacial score (nSPS) is 14.8. The van der Waals surface area contributed by atoms with Crippen LogP contribution in [0.4, 0.5) is 10.8 Å². The van der Waals surface area contributed by atoms with Gasteiger partial charge in [0, 0.05) is 43.8 Å². The molecule has 26 heavy (non-hydrogen) atoms. The third-order valence-corrected chi connectivity index (χ3v) is 5.63. The largest absolute Gasteiger partial charge is 0.368 e. The number of nitrogens with zero attached hydrogens (tertiary/aromatic N) is 6. The van der Waals surface area contributed by atoms with Gasteiger partial charge in [-0.25, -0.2) is 14.6 Å². The predicted molar refractivity (Wildman–Crippen MR) is 107 cm³/mol. The van der Waals surface area contributed by atoms with E-state index in [0.717, 1.165) is 62.2 Å². The van der Waals surface area contributed by atoms with E-state index in [1.54, 1.807) is 17.7 Å². The van der Waals surface area contributed by atoms with Gasteiger partial charge in [-0.1, -0.05) is 31.5 Å². The number of hydrogen-bond acceptors (Lipinski definition) is 6. The summed E-state index contributed by atoms with van der Waals surface area (Å²) < 4.78 is 1.97. The van der Waals surface area contributed by atoms with Crippen molar-refractivity contribution in [3.05, 3.63) is 42.0 Å². The number of benzene rings is 1. The smallest absolute Gasteiger partial charge is 0.186 e. The summed E-state index contributed by atoms with van der Waals surface area (Å²) in [6.45, 7) is 7.10. The molecule has 0 amide bonds. The lowest BCUT2D eigenvalue weighted by Crippen LogP contribution is -2.46. The van der Waals surface area contributed by atoms with E-state index in [-0.39, 0.29) is 0 Å². The molecule has 0 atom stereocenters. The monoisotopic (exact) mass is 368 g/mol. The van der Waals surface area contributed by atoms with E-state index in [1.807, 2.05) is 4.68 Å². The number of piperazine rings is 1. The van der Waals surface area contributed by atoms with Crippen LogP contribution in [0.5, 0.6) is 0 Å². The average Bonchev–Trinajstić information content (AvgIpc) is 3.36. The molecule has 6 nitrogen and oxygen atoms in total. The van der Waals surface area contributed by atoms with E-state index >= 15 is 0 Å². The highest BCUT2D eigenvalue weighted by Crippen LogP contribution is 2.28. The molecule has 7 heteroatoms. The van der Waals surface area contributed by atoms with Crippen LogP contribution in [0.2, 0.25) is 0 Å². The summed E-state index contributed by atoms with van der Waals surface area (Å²) in [6.07, 6.45) is 3.88. The van der Waals surface area contributed by atoms with E-state index < -0.39 is 0 Å². The molecule has 0 bridgehead atoms. The van der Waals surface area contributed by atoms with Crippen LogP contribution in [0.3, 0.4) is 0 Å². The SMILES string of the molecule is CCCCn1ncnc1-c1csc(N2CCN(c3ccccc3)CC2)n1. The molecule has 136 valence electrons. The van der Waals surface area contributed by atoms with E-state index in [4.69, 9.17) is 4.98 Å². The second-order valence-corrected chi connectivity index (χ2v) is 7.32. The van der Waals surface area contributed by atoms with Crippen LogP contribution >= 0.6 is 11.3 Å². The van der Waals surface area contributed by atoms with Crippen molar-refractivity contribution < 1.29 is 0 Å². The first kappa shape index (κ1) is 17.0. The molecule has 1 fully saturated rings. The molecular formula is C19H24N6S. The van der Waals surface area contributed by atoms with E-state index in [2.05, 4.69) is 62.5 Å². The van der Waals surface area contributed by atoms with Crippen LogP contribution in [-0.4, -0.2) is 45.9 Å². The maximum Gasteiger partial charge on any atom is 0.186 e. The van der Waals surface area contributed by atoms with Gasteiger partial charge in [0.2, 0.25) is 0 Å². The highest BCUT2D eigenvalue weighted by atomic mass is 32.1. The molecule has 0 N–H and O–H groups in total. The van der Waals surface area contributed by atoms with Gasteiger partial charge < -0.3 is 9.80 Å². The lowest BCUT2D eigenvalue weighted by molar-refractivity contribution is 0.575. The van der Waals surface area contributed by atoms with E-state index in [9.17, 15) is 0 Å². The average molecular weight is 369 g/mol. The Morgan fingerprint density at radius 2 is 1.81 bits per heavy atom. The molecule has 0 aliphatic carbocycles. The molecule has 2 aromatic heterocycles. The molecule has 4 rings (SSSR count). The van der Waals surface area contributed by atoms with E-state index in [0.29, 0.717) is 0 Å². The fraction of sp³-hybridized carbons (Fsp3) is 0.421. The van der Waals surface area contributed by atoms with Crippen LogP contribution in [-0.2, 0) is 6.54 Å². The van der Waals surface area contributed by atoms with Crippen molar-refractivity contribution in [1.29, 1.82) is 0 Å². The summed E-state index contributed by atoms with van der Waals surface area (Å²) in [6, 6.07) is 10.6. The Morgan fingerprint density at radius 3 is 2.58 bits per heavy atom. The Hall–Kier alpha value is -2.41. The lowest BCUT2D eigenvalue weighted by atomic mass is 10.2. The predicted octanol–water partition coefficient (Wildman–Crippen LogP) is 3.53. The molecule has 3 heterocycles. The molecule has 1 aromatic carbocycles. The number of unbranched alkanes of at least 4 members (excludes halogenated alkanes) is 1. The first-order valence-electron chi connectivity index (χ1n) is 9.24. The fourth-order valence-electron chi connectivity index (χ4n) is 3.24. The quantitative estimate of drug-likeness (QED) is 0.666. The summed E-state index contributed by atoms with van der Waals surface area (Å²) in [5.41, 5.74) is 2.24. The molecule has 0 unspecified atom stereocenters. The van der Waals surface area contributed by atoms with Crippen LogP contribution in [0.1, 0.15) is 19.8 Å². The standard InChI is InChI=1S/C19H24N6S/c1-2-3-9-25-18(20-15-21-25)17-14-26-19(22-17)24-12-10-23(11-13-24)16-7-5-4-6-8-16/h4-8,14-15H,2-3,9-13H2,1H3. The minimum Gasteiger partial charge on any atom is -0.368 e. The topological polar surface area (TPSA) is 50.1 Å². The van der Waals surface area contributed by atoms with Crippen molar-refractivity contribution in [2.45, 2.75) is 26.3 Å². The van der Waals surface area contributed by atoms with Gasteiger partial charge >= 0.3 is 0 Å². The summed E-state index contributed by atoms with van der Waals surface area (Å²) in [5.74, 6) is 0.879. The number of para-hydroxylation sites is 1. The van der Waals surface area contributed by atoms with Crippen molar-refractivity contribution >= 4 is 22.2 Å². The van der Waals surface area contributed by atoms with Crippen molar-refractivity contribution in [2.75, 3.05) is 36.0 Å². The number of anilines is 2. The van der Waals surface area contributed by atoms with Gasteiger partial charge in [0.05, 0.1) is 0 Å². The minimum atomic E-state index is 0.879. The van der Waals surface area contributed by atoms with Gasteiger partial charge in [-0.3, -0.25) is 0 Å². The first-order chi connectivity index (χ1) is 12.8. The summed E-state index contributed by atoms with van der Waals surface area (Å²) >= 11 is 1.70. The molecule has 3 aromatic rings. The molecular weight excluding hydrogens is 344 g/mol. The number of rotatable bonds is 6. The molecule has 1 aliphatic heterocycles. The van der Waals surface area contributed by atoms with Gasteiger partial charge in [0.15, 0.2) is 11.0 Å². The number of aromatic nitrogens is 4. The van der Waals surface area contributed by atoms with Crippen LogP contribution in [0.25, 0.3) is 11.5 Å². The Morgan fingerprint density at radius 1 is 1.04 bits per heavy atom. The Labute approximate surface area is 158 Å². The second-order valence-electron chi connectivity index (χ2n) is 6.49. The van der Waals surface area contributed by atoms with Crippen molar-refractivity contribution in [1.82, 2.24) is 19.7 Å². The zero-order valence-electron chi connectivity index (χ0n) is 15.1. The second kappa shape index (κ2) is 7.86. The van der Waals surface area contributed by atoms with Gasteiger partial charge in [-0.2, -0.15) is 5.10 Å². The van der Waals surface area contributed by atoms with Crippen molar-refractivity contribution in [3.8, 4) is 11.5 Å². The maximum atomic E-state index is 4.85. The van der Waals surface area contributed by atoms with Crippen LogP contribution in [0, 0.1) is 0 Å². The third kappa shape index (κ3) is 3.58. The third-order valence-electron chi connectivity index (χ3n) is 4.73. The summed E-state index contributed by atoms with van der Waals surface area (Å²) in [5, 5.41) is 7.53. The zero-order chi connectivity index (χ0) is 17.8. The lowest BCUT2D eigenvalue weighted by Gasteiger charge is -2.35. The highest BCUT2D eigenvalue weighted by molar-refractivity contribution is 7.14. The molecule has 0 saturated carbocycles. The maximum absolute atomic E-state index is 4.85. The molecule has 1 aliphatic rings. The fourth-order valence-corrected chi connectivity index (χ4v) is 4.10. The summed E-state index contributed by atoms with van der Waals surface area (Å²) in [7, 11) is 0. The molecule has 0 spiro atoms. The van der Waals surface area contributed by atoms with Crippen LogP contribution < -0.4 is 9.80 Å². The van der Waals surface area contributed by atoms with Crippen molar-refractivity contribution in [3.63, 3.8) is 0 Å². The number of hydrogen-bond donors (Lipinski definition) is 0. The number of thiazole rings is 1. The minimum absolute atomic E-state index is 0.879. The summed E-state index contributed by atoms with van der Waals surface area (Å²) in [4.78, 5) is 14.1. The van der Waals surface area contributed by atoms with Gasteiger partial charge in [-0.15, -0.1) is 11.3 Å². The highest BCUT2D eigenvalue weighted by Gasteiger charge is 2.20. The van der Waals surface area contributed by atoms with Gasteiger partial charge in [0.25, 0.3) is 0 Å². The Kier molecular flexibility index (Phi) is 5.15. The van der Waals surface area contributed by atoms with Crippen LogP contribution in [0.15, 0.2) is 42.0 Å². The van der Waals surface area contributed by atoms with Gasteiger partial charge in [-0.05, 0) is 18.6 Å².